The summed E-state index contributed by atoms with van der Waals surface area (Å²) in [5, 5.41) is 2.48. The van der Waals surface area contributed by atoms with Gasteiger partial charge in [0.15, 0.2) is 0 Å². The number of fused-ring (bicyclic) bond motifs is 8. The van der Waals surface area contributed by atoms with E-state index in [0.29, 0.717) is 0 Å². The van der Waals surface area contributed by atoms with E-state index in [1.807, 2.05) is 0 Å². The second-order valence-electron chi connectivity index (χ2n) is 17.4. The van der Waals surface area contributed by atoms with E-state index in [0.717, 1.165) is 34.1 Å². The number of hydrogen-bond acceptors (Lipinski definition) is 2. The van der Waals surface area contributed by atoms with Crippen molar-refractivity contribution in [2.24, 2.45) is 0 Å². The number of hydrogen-bond donors (Lipinski definition) is 0. The molecule has 0 saturated heterocycles. The van der Waals surface area contributed by atoms with E-state index in [2.05, 4.69) is 244 Å². The van der Waals surface area contributed by atoms with Crippen molar-refractivity contribution >= 4 is 44.9 Å². The quantitative estimate of drug-likeness (QED) is 0.172. The van der Waals surface area contributed by atoms with Crippen LogP contribution in [0, 0.1) is 0 Å². The Balaban J connectivity index is 1.10. The van der Waals surface area contributed by atoms with Crippen molar-refractivity contribution in [3.8, 4) is 33.4 Å². The van der Waals surface area contributed by atoms with E-state index >= 15 is 0 Å². The van der Waals surface area contributed by atoms with Crippen LogP contribution < -0.4 is 9.80 Å². The summed E-state index contributed by atoms with van der Waals surface area (Å²) < 4.78 is 0. The Bertz CT molecular complexity index is 3100. The Hall–Kier alpha value is -7.16. The van der Waals surface area contributed by atoms with Crippen molar-refractivity contribution in [3.63, 3.8) is 0 Å². The highest BCUT2D eigenvalue weighted by atomic mass is 15.1. The summed E-state index contributed by atoms with van der Waals surface area (Å²) in [5.74, 6) is 0. The second kappa shape index (κ2) is 13.7. The molecule has 0 spiro atoms. The molecule has 60 heavy (non-hydrogen) atoms. The molecule has 4 bridgehead atoms. The monoisotopic (exact) mass is 770 g/mol. The average Bonchev–Trinajstić information content (AvgIpc) is 3.52. The molecule has 0 saturated carbocycles. The molecular weight excluding hydrogens is 725 g/mol. The standard InChI is InChI=1S/C58H46N2/c1-57(2)40-18-16-24-45(36-40)60(43-21-9-6-10-22-43)56-28-14-12-26-51(56)49-33-32-47(48-31-29-41(57)37-52(48)49)39-17-15-23-44(35-39)59(42-19-7-5-8-20-42)46-30-34-55-53(38-46)50-25-11-13-27-54(50)58(55,3)4/h5-38H,1-4H3. The molecule has 0 unspecified atom stereocenters. The SMILES string of the molecule is CC1(C)c2cccc(c2)N(c2ccccc2)c2ccccc2-c2ccc(-c3cccc(N(c4ccccc4)c4ccc5c(c4)-c4ccccc4C5(C)C)c3)c3ccc1cc23. The lowest BCUT2D eigenvalue weighted by Gasteiger charge is -2.30. The number of para-hydroxylation sites is 3. The summed E-state index contributed by atoms with van der Waals surface area (Å²) in [7, 11) is 0. The highest BCUT2D eigenvalue weighted by Crippen LogP contribution is 2.51. The lowest BCUT2D eigenvalue weighted by molar-refractivity contribution is 0.642. The molecule has 9 aromatic carbocycles. The van der Waals surface area contributed by atoms with Gasteiger partial charge in [-0.3, -0.25) is 0 Å². The zero-order chi connectivity index (χ0) is 40.6. The molecule has 1 aliphatic carbocycles. The van der Waals surface area contributed by atoms with Crippen LogP contribution in [-0.2, 0) is 10.8 Å². The van der Waals surface area contributed by atoms with E-state index in [4.69, 9.17) is 0 Å². The molecule has 0 aromatic heterocycles. The minimum absolute atomic E-state index is 0.0495. The average molecular weight is 771 g/mol. The molecule has 0 fully saturated rings. The molecule has 2 nitrogen and oxygen atoms in total. The largest absolute Gasteiger partial charge is 0.310 e. The molecule has 0 amide bonds. The fourth-order valence-corrected chi connectivity index (χ4v) is 10.0. The van der Waals surface area contributed by atoms with Crippen molar-refractivity contribution in [3.05, 3.63) is 229 Å². The van der Waals surface area contributed by atoms with Gasteiger partial charge in [0.05, 0.1) is 5.69 Å². The highest BCUT2D eigenvalue weighted by Gasteiger charge is 2.36. The van der Waals surface area contributed by atoms with E-state index in [1.165, 1.54) is 66.4 Å². The highest BCUT2D eigenvalue weighted by molar-refractivity contribution is 6.08. The molecule has 0 atom stereocenters. The van der Waals surface area contributed by atoms with Gasteiger partial charge in [0.1, 0.15) is 0 Å². The third-order valence-corrected chi connectivity index (χ3v) is 13.3. The van der Waals surface area contributed by atoms with Gasteiger partial charge in [0, 0.05) is 44.8 Å². The summed E-state index contributed by atoms with van der Waals surface area (Å²) in [6.45, 7) is 9.40. The van der Waals surface area contributed by atoms with Crippen molar-refractivity contribution in [2.45, 2.75) is 38.5 Å². The minimum atomic E-state index is -0.238. The van der Waals surface area contributed by atoms with Gasteiger partial charge >= 0.3 is 0 Å². The minimum Gasteiger partial charge on any atom is -0.310 e. The van der Waals surface area contributed by atoms with E-state index in [9.17, 15) is 0 Å². The van der Waals surface area contributed by atoms with Crippen molar-refractivity contribution in [1.29, 1.82) is 0 Å². The number of nitrogens with zero attached hydrogens (tertiary/aromatic N) is 2. The fraction of sp³-hybridized carbons (Fsp3) is 0.103. The van der Waals surface area contributed by atoms with Crippen molar-refractivity contribution in [1.82, 2.24) is 0 Å². The maximum atomic E-state index is 2.46. The van der Waals surface area contributed by atoms with Gasteiger partial charge in [-0.2, -0.15) is 0 Å². The molecule has 0 radical (unpaired) electrons. The zero-order valence-electron chi connectivity index (χ0n) is 34.5. The molecular formula is C58H46N2. The maximum Gasteiger partial charge on any atom is 0.0540 e. The smallest absolute Gasteiger partial charge is 0.0540 e. The first-order valence-electron chi connectivity index (χ1n) is 21.1. The van der Waals surface area contributed by atoms with Crippen LogP contribution in [0.15, 0.2) is 206 Å². The van der Waals surface area contributed by atoms with Gasteiger partial charge in [-0.15, -0.1) is 0 Å². The number of rotatable bonds is 5. The normalized spacial score (nSPS) is 14.2. The van der Waals surface area contributed by atoms with Crippen LogP contribution in [-0.4, -0.2) is 0 Å². The molecule has 1 aliphatic heterocycles. The molecule has 11 rings (SSSR count). The van der Waals surface area contributed by atoms with Crippen LogP contribution in [0.3, 0.4) is 0 Å². The molecule has 9 aromatic rings. The Kier molecular flexibility index (Phi) is 8.22. The zero-order valence-corrected chi connectivity index (χ0v) is 34.5. The van der Waals surface area contributed by atoms with Gasteiger partial charge in [-0.1, -0.05) is 161 Å². The fourth-order valence-electron chi connectivity index (χ4n) is 10.0. The van der Waals surface area contributed by atoms with Crippen LogP contribution in [0.4, 0.5) is 34.1 Å². The second-order valence-corrected chi connectivity index (χ2v) is 17.4. The van der Waals surface area contributed by atoms with Gasteiger partial charge in [0.2, 0.25) is 0 Å². The van der Waals surface area contributed by atoms with Crippen LogP contribution in [0.5, 0.6) is 0 Å². The maximum absolute atomic E-state index is 2.46. The Morgan fingerprint density at radius 1 is 0.350 bits per heavy atom. The van der Waals surface area contributed by atoms with Gasteiger partial charge < -0.3 is 9.80 Å². The molecule has 288 valence electrons. The van der Waals surface area contributed by atoms with E-state index in [-0.39, 0.29) is 10.8 Å². The predicted molar refractivity (Wildman–Crippen MR) is 254 cm³/mol. The first-order valence-corrected chi connectivity index (χ1v) is 21.1. The van der Waals surface area contributed by atoms with Crippen molar-refractivity contribution in [2.75, 3.05) is 9.80 Å². The Morgan fingerprint density at radius 2 is 0.983 bits per heavy atom. The number of anilines is 6. The predicted octanol–water partition coefficient (Wildman–Crippen LogP) is 16.1. The van der Waals surface area contributed by atoms with Gasteiger partial charge in [-0.25, -0.2) is 0 Å². The topological polar surface area (TPSA) is 6.48 Å². The Labute approximate surface area is 353 Å². The Morgan fingerprint density at radius 3 is 1.82 bits per heavy atom. The van der Waals surface area contributed by atoms with Gasteiger partial charge in [-0.05, 0) is 134 Å². The summed E-state index contributed by atoms with van der Waals surface area (Å²) >= 11 is 0. The first kappa shape index (κ1) is 36.0. The summed E-state index contributed by atoms with van der Waals surface area (Å²) in [4.78, 5) is 4.83. The van der Waals surface area contributed by atoms with Crippen LogP contribution in [0.25, 0.3) is 44.2 Å². The summed E-state index contributed by atoms with van der Waals surface area (Å²) in [5.41, 5.74) is 19.3. The van der Waals surface area contributed by atoms with Crippen molar-refractivity contribution < 1.29 is 0 Å². The molecule has 0 N–H and O–H groups in total. The lowest BCUT2D eigenvalue weighted by Crippen LogP contribution is -2.19. The summed E-state index contributed by atoms with van der Waals surface area (Å²) in [6, 6.07) is 76.5. The third kappa shape index (κ3) is 5.62. The van der Waals surface area contributed by atoms with Crippen LogP contribution in [0.2, 0.25) is 0 Å². The van der Waals surface area contributed by atoms with Crippen LogP contribution in [0.1, 0.15) is 49.9 Å². The van der Waals surface area contributed by atoms with Gasteiger partial charge in [0.25, 0.3) is 0 Å². The van der Waals surface area contributed by atoms with E-state index < -0.39 is 0 Å². The molecule has 2 aliphatic rings. The van der Waals surface area contributed by atoms with Crippen LogP contribution >= 0.6 is 0 Å². The molecule has 2 heteroatoms. The third-order valence-electron chi connectivity index (χ3n) is 13.3. The first-order chi connectivity index (χ1) is 29.3. The lowest BCUT2D eigenvalue weighted by atomic mass is 9.77. The summed E-state index contributed by atoms with van der Waals surface area (Å²) in [6.07, 6.45) is 0. The number of benzene rings is 9. The molecule has 1 heterocycles. The van der Waals surface area contributed by atoms with E-state index in [1.54, 1.807) is 0 Å².